The standard InChI is InChI=1S/C12H9NO2/c1-15-12-6-9-5-11(14)3-2-8(9)4-10(12)7-13/h2-6,14H,1H3. The minimum atomic E-state index is 0.203. The monoisotopic (exact) mass is 199 g/mol. The summed E-state index contributed by atoms with van der Waals surface area (Å²) in [6.45, 7) is 0. The molecule has 15 heavy (non-hydrogen) atoms. The van der Waals surface area contributed by atoms with E-state index in [9.17, 15) is 5.11 Å². The first kappa shape index (κ1) is 9.35. The Balaban J connectivity index is 2.77. The zero-order chi connectivity index (χ0) is 10.8. The summed E-state index contributed by atoms with van der Waals surface area (Å²) in [5, 5.41) is 20.0. The summed E-state index contributed by atoms with van der Waals surface area (Å²) in [7, 11) is 1.52. The Kier molecular flexibility index (Phi) is 2.18. The number of fused-ring (bicyclic) bond motifs is 1. The summed E-state index contributed by atoms with van der Waals surface area (Å²) >= 11 is 0. The highest BCUT2D eigenvalue weighted by Crippen LogP contribution is 2.27. The van der Waals surface area contributed by atoms with Gasteiger partial charge in [-0.1, -0.05) is 6.07 Å². The SMILES string of the molecule is COc1cc2cc(O)ccc2cc1C#N. The number of ether oxygens (including phenoxy) is 1. The maximum absolute atomic E-state index is 9.31. The number of phenols is 1. The molecule has 0 aromatic heterocycles. The highest BCUT2D eigenvalue weighted by atomic mass is 16.5. The van der Waals surface area contributed by atoms with E-state index in [4.69, 9.17) is 10.00 Å². The summed E-state index contributed by atoms with van der Waals surface area (Å²) in [5.41, 5.74) is 0.496. The largest absolute Gasteiger partial charge is 0.508 e. The maximum Gasteiger partial charge on any atom is 0.137 e. The van der Waals surface area contributed by atoms with Gasteiger partial charge in [-0.2, -0.15) is 5.26 Å². The first-order valence-electron chi connectivity index (χ1n) is 4.45. The average molecular weight is 199 g/mol. The van der Waals surface area contributed by atoms with Crippen LogP contribution in [0.3, 0.4) is 0 Å². The van der Waals surface area contributed by atoms with Crippen LogP contribution in [0, 0.1) is 11.3 Å². The number of benzene rings is 2. The van der Waals surface area contributed by atoms with Gasteiger partial charge in [0.15, 0.2) is 0 Å². The third kappa shape index (κ3) is 1.57. The number of nitrogens with zero attached hydrogens (tertiary/aromatic N) is 1. The molecule has 0 aliphatic carbocycles. The van der Waals surface area contributed by atoms with Gasteiger partial charge in [0.1, 0.15) is 17.6 Å². The van der Waals surface area contributed by atoms with E-state index in [1.807, 2.05) is 0 Å². The highest BCUT2D eigenvalue weighted by Gasteiger charge is 2.04. The Morgan fingerprint density at radius 3 is 2.67 bits per heavy atom. The number of methoxy groups -OCH3 is 1. The van der Waals surface area contributed by atoms with Gasteiger partial charge in [0.25, 0.3) is 0 Å². The molecule has 0 aliphatic rings. The van der Waals surface area contributed by atoms with Gasteiger partial charge in [-0.25, -0.2) is 0 Å². The second-order valence-corrected chi connectivity index (χ2v) is 3.20. The van der Waals surface area contributed by atoms with Crippen molar-refractivity contribution in [2.24, 2.45) is 0 Å². The normalized spacial score (nSPS) is 9.87. The fourth-order valence-corrected chi connectivity index (χ4v) is 1.52. The highest BCUT2D eigenvalue weighted by molar-refractivity contribution is 5.87. The van der Waals surface area contributed by atoms with Gasteiger partial charge < -0.3 is 9.84 Å². The van der Waals surface area contributed by atoms with Crippen molar-refractivity contribution in [3.8, 4) is 17.6 Å². The third-order valence-corrected chi connectivity index (χ3v) is 2.26. The smallest absolute Gasteiger partial charge is 0.137 e. The molecule has 0 saturated carbocycles. The van der Waals surface area contributed by atoms with Crippen molar-refractivity contribution in [3.63, 3.8) is 0 Å². The topological polar surface area (TPSA) is 53.2 Å². The molecule has 74 valence electrons. The molecular formula is C12H9NO2. The first-order valence-corrected chi connectivity index (χ1v) is 4.45. The molecule has 3 heteroatoms. The molecule has 0 bridgehead atoms. The molecule has 0 amide bonds. The number of hydrogen-bond donors (Lipinski definition) is 1. The van der Waals surface area contributed by atoms with Crippen LogP contribution in [-0.2, 0) is 0 Å². The molecule has 0 saturated heterocycles. The van der Waals surface area contributed by atoms with Gasteiger partial charge in [-0.05, 0) is 35.0 Å². The summed E-state index contributed by atoms with van der Waals surface area (Å²) < 4.78 is 5.08. The zero-order valence-corrected chi connectivity index (χ0v) is 8.19. The molecule has 1 N–H and O–H groups in total. The molecular weight excluding hydrogens is 190 g/mol. The first-order chi connectivity index (χ1) is 7.24. The summed E-state index contributed by atoms with van der Waals surface area (Å²) in [6.07, 6.45) is 0. The van der Waals surface area contributed by atoms with Crippen LogP contribution < -0.4 is 4.74 Å². The van der Waals surface area contributed by atoms with Gasteiger partial charge in [0, 0.05) is 0 Å². The molecule has 0 radical (unpaired) electrons. The van der Waals surface area contributed by atoms with Crippen molar-refractivity contribution < 1.29 is 9.84 Å². The number of nitriles is 1. The van der Waals surface area contributed by atoms with Crippen LogP contribution >= 0.6 is 0 Å². The number of rotatable bonds is 1. The van der Waals surface area contributed by atoms with Crippen LogP contribution in [0.25, 0.3) is 10.8 Å². The number of aromatic hydroxyl groups is 1. The van der Waals surface area contributed by atoms with Crippen molar-refractivity contribution in [1.29, 1.82) is 5.26 Å². The fourth-order valence-electron chi connectivity index (χ4n) is 1.52. The average Bonchev–Trinajstić information content (AvgIpc) is 2.27. The summed E-state index contributed by atoms with van der Waals surface area (Å²) in [4.78, 5) is 0. The Bertz CT molecular complexity index is 555. The van der Waals surface area contributed by atoms with Gasteiger partial charge in [-0.15, -0.1) is 0 Å². The Morgan fingerprint density at radius 2 is 2.00 bits per heavy atom. The third-order valence-electron chi connectivity index (χ3n) is 2.26. The lowest BCUT2D eigenvalue weighted by atomic mass is 10.1. The molecule has 0 fully saturated rings. The molecule has 2 aromatic carbocycles. The molecule has 2 aromatic rings. The Morgan fingerprint density at radius 1 is 1.20 bits per heavy atom. The van der Waals surface area contributed by atoms with Crippen LogP contribution in [0.4, 0.5) is 0 Å². The van der Waals surface area contributed by atoms with Crippen LogP contribution in [0.5, 0.6) is 11.5 Å². The number of hydrogen-bond acceptors (Lipinski definition) is 3. The van der Waals surface area contributed by atoms with E-state index in [1.165, 1.54) is 7.11 Å². The van der Waals surface area contributed by atoms with E-state index >= 15 is 0 Å². The van der Waals surface area contributed by atoms with E-state index in [1.54, 1.807) is 30.3 Å². The van der Waals surface area contributed by atoms with E-state index in [-0.39, 0.29) is 5.75 Å². The van der Waals surface area contributed by atoms with Crippen LogP contribution in [-0.4, -0.2) is 12.2 Å². The molecule has 3 nitrogen and oxygen atoms in total. The van der Waals surface area contributed by atoms with Crippen LogP contribution in [0.2, 0.25) is 0 Å². The molecule has 2 rings (SSSR count). The Labute approximate surface area is 87.1 Å². The minimum absolute atomic E-state index is 0.203. The minimum Gasteiger partial charge on any atom is -0.508 e. The lowest BCUT2D eigenvalue weighted by molar-refractivity contribution is 0.414. The molecule has 0 aliphatic heterocycles. The molecule has 0 spiro atoms. The van der Waals surface area contributed by atoms with E-state index in [0.29, 0.717) is 11.3 Å². The van der Waals surface area contributed by atoms with Gasteiger partial charge >= 0.3 is 0 Å². The van der Waals surface area contributed by atoms with Gasteiger partial charge in [-0.3, -0.25) is 0 Å². The van der Waals surface area contributed by atoms with Crippen LogP contribution in [0.1, 0.15) is 5.56 Å². The zero-order valence-electron chi connectivity index (χ0n) is 8.19. The molecule has 0 atom stereocenters. The fraction of sp³-hybridized carbons (Fsp3) is 0.0833. The van der Waals surface area contributed by atoms with Crippen molar-refractivity contribution >= 4 is 10.8 Å². The lowest BCUT2D eigenvalue weighted by Crippen LogP contribution is -1.88. The lowest BCUT2D eigenvalue weighted by Gasteiger charge is -2.05. The molecule has 0 heterocycles. The quantitative estimate of drug-likeness (QED) is 0.767. The number of phenolic OH excluding ortho intramolecular Hbond substituents is 1. The maximum atomic E-state index is 9.31. The van der Waals surface area contributed by atoms with Gasteiger partial charge in [0.2, 0.25) is 0 Å². The predicted molar refractivity (Wildman–Crippen MR) is 56.9 cm³/mol. The van der Waals surface area contributed by atoms with Gasteiger partial charge in [0.05, 0.1) is 12.7 Å². The molecule has 0 unspecified atom stereocenters. The van der Waals surface area contributed by atoms with Crippen molar-refractivity contribution in [2.45, 2.75) is 0 Å². The summed E-state index contributed by atoms with van der Waals surface area (Å²) in [6, 6.07) is 10.6. The van der Waals surface area contributed by atoms with Crippen LogP contribution in [0.15, 0.2) is 30.3 Å². The van der Waals surface area contributed by atoms with E-state index in [2.05, 4.69) is 6.07 Å². The Hall–Kier alpha value is -2.21. The second kappa shape index (κ2) is 3.50. The van der Waals surface area contributed by atoms with Crippen molar-refractivity contribution in [3.05, 3.63) is 35.9 Å². The second-order valence-electron chi connectivity index (χ2n) is 3.20. The van der Waals surface area contributed by atoms with Crippen molar-refractivity contribution in [1.82, 2.24) is 0 Å². The predicted octanol–water partition coefficient (Wildman–Crippen LogP) is 2.43. The van der Waals surface area contributed by atoms with Crippen molar-refractivity contribution in [2.75, 3.05) is 7.11 Å². The summed E-state index contributed by atoms with van der Waals surface area (Å²) in [5.74, 6) is 0.727. The van der Waals surface area contributed by atoms with E-state index in [0.717, 1.165) is 10.8 Å². The van der Waals surface area contributed by atoms with E-state index < -0.39 is 0 Å².